The van der Waals surface area contributed by atoms with Crippen LogP contribution < -0.4 is 10.6 Å². The number of carbonyl (C=O) groups is 1. The summed E-state index contributed by atoms with van der Waals surface area (Å²) in [4.78, 5) is 20.1. The number of hydrogen-bond acceptors (Lipinski definition) is 4. The Bertz CT molecular complexity index is 737. The average Bonchev–Trinajstić information content (AvgIpc) is 2.54. The fourth-order valence-electron chi connectivity index (χ4n) is 1.85. The zero-order valence-corrected chi connectivity index (χ0v) is 13.4. The fraction of sp³-hybridized carbons (Fsp3) is 0.267. The van der Waals surface area contributed by atoms with Gasteiger partial charge in [-0.2, -0.15) is 13.2 Å². The number of aromatic nitrogens is 2. The van der Waals surface area contributed by atoms with Gasteiger partial charge in [-0.25, -0.2) is 9.97 Å². The van der Waals surface area contributed by atoms with E-state index in [-0.39, 0.29) is 16.7 Å². The number of hydrogen-bond donors (Lipinski definition) is 2. The maximum Gasteiger partial charge on any atom is 0.418 e. The van der Waals surface area contributed by atoms with Crippen molar-refractivity contribution >= 4 is 29.1 Å². The van der Waals surface area contributed by atoms with Gasteiger partial charge in [-0.15, -0.1) is 0 Å². The van der Waals surface area contributed by atoms with Crippen LogP contribution in [0.3, 0.4) is 0 Å². The van der Waals surface area contributed by atoms with Crippen LogP contribution in [-0.2, 0) is 6.18 Å². The number of rotatable bonds is 5. The smallest absolute Gasteiger partial charge is 0.354 e. The van der Waals surface area contributed by atoms with Gasteiger partial charge in [0.2, 0.25) is 5.95 Å². The molecule has 0 atom stereocenters. The van der Waals surface area contributed by atoms with E-state index in [1.54, 1.807) is 0 Å². The van der Waals surface area contributed by atoms with Gasteiger partial charge < -0.3 is 10.6 Å². The number of carbonyl (C=O) groups excluding carboxylic acids is 1. The molecule has 0 bridgehead atoms. The van der Waals surface area contributed by atoms with E-state index in [0.29, 0.717) is 6.54 Å². The van der Waals surface area contributed by atoms with Crippen molar-refractivity contribution in [1.82, 2.24) is 9.97 Å². The molecule has 2 rings (SSSR count). The van der Waals surface area contributed by atoms with Gasteiger partial charge in [-0.3, -0.25) is 4.79 Å². The minimum atomic E-state index is -4.65. The zero-order chi connectivity index (χ0) is 17.7. The number of halogens is 4. The number of benzene rings is 1. The number of nitrogens with zero attached hydrogens (tertiary/aromatic N) is 2. The molecule has 0 aliphatic rings. The first kappa shape index (κ1) is 18.0. The van der Waals surface area contributed by atoms with E-state index >= 15 is 0 Å². The molecule has 9 heteroatoms. The van der Waals surface area contributed by atoms with Crippen LogP contribution in [0.2, 0.25) is 5.02 Å². The van der Waals surface area contributed by atoms with Crippen molar-refractivity contribution in [2.45, 2.75) is 19.5 Å². The lowest BCUT2D eigenvalue weighted by Gasteiger charge is -2.14. The quantitative estimate of drug-likeness (QED) is 0.839. The molecule has 0 fully saturated rings. The van der Waals surface area contributed by atoms with Crippen molar-refractivity contribution in [3.05, 3.63) is 46.7 Å². The van der Waals surface area contributed by atoms with Crippen LogP contribution in [0.25, 0.3) is 0 Å². The summed E-state index contributed by atoms with van der Waals surface area (Å²) in [5.74, 6) is -0.540. The Balaban J connectivity index is 2.24. The van der Waals surface area contributed by atoms with Crippen LogP contribution in [-0.4, -0.2) is 22.4 Å². The molecule has 2 aromatic rings. The van der Waals surface area contributed by atoms with Crippen LogP contribution in [0.15, 0.2) is 30.5 Å². The van der Waals surface area contributed by atoms with E-state index < -0.39 is 23.3 Å². The molecule has 0 aliphatic carbocycles. The van der Waals surface area contributed by atoms with Gasteiger partial charge in [0.25, 0.3) is 5.91 Å². The van der Waals surface area contributed by atoms with E-state index in [0.717, 1.165) is 18.6 Å². The largest absolute Gasteiger partial charge is 0.418 e. The van der Waals surface area contributed by atoms with Crippen molar-refractivity contribution < 1.29 is 18.0 Å². The Morgan fingerprint density at radius 3 is 2.71 bits per heavy atom. The van der Waals surface area contributed by atoms with Crippen molar-refractivity contribution in [3.8, 4) is 0 Å². The van der Waals surface area contributed by atoms with Crippen molar-refractivity contribution in [2.75, 3.05) is 17.2 Å². The lowest BCUT2D eigenvalue weighted by atomic mass is 10.1. The van der Waals surface area contributed by atoms with Gasteiger partial charge in [0, 0.05) is 17.8 Å². The highest BCUT2D eigenvalue weighted by molar-refractivity contribution is 6.30. The molecular formula is C15H14ClF3N4O. The third-order valence-corrected chi connectivity index (χ3v) is 3.19. The van der Waals surface area contributed by atoms with Gasteiger partial charge in [0.1, 0.15) is 5.69 Å². The van der Waals surface area contributed by atoms with Gasteiger partial charge in [0.05, 0.1) is 11.3 Å². The first-order chi connectivity index (χ1) is 11.3. The Hall–Kier alpha value is -2.35. The SMILES string of the molecule is CCCNc1nccc(C(=O)Nc2ccc(Cl)cc2C(F)(F)F)n1. The summed E-state index contributed by atoms with van der Waals surface area (Å²) in [7, 11) is 0. The first-order valence-corrected chi connectivity index (χ1v) is 7.44. The molecular weight excluding hydrogens is 345 g/mol. The number of amides is 1. The summed E-state index contributed by atoms with van der Waals surface area (Å²) in [6, 6.07) is 4.43. The first-order valence-electron chi connectivity index (χ1n) is 7.06. The Labute approximate surface area is 141 Å². The van der Waals surface area contributed by atoms with E-state index in [9.17, 15) is 18.0 Å². The number of anilines is 2. The topological polar surface area (TPSA) is 66.9 Å². The second-order valence-electron chi connectivity index (χ2n) is 4.83. The normalized spacial score (nSPS) is 11.2. The van der Waals surface area contributed by atoms with Gasteiger partial charge in [-0.05, 0) is 30.7 Å². The fourth-order valence-corrected chi connectivity index (χ4v) is 2.03. The second kappa shape index (κ2) is 7.48. The minimum Gasteiger partial charge on any atom is -0.354 e. The highest BCUT2D eigenvalue weighted by Crippen LogP contribution is 2.36. The van der Waals surface area contributed by atoms with Crippen LogP contribution in [0.5, 0.6) is 0 Å². The van der Waals surface area contributed by atoms with Crippen LogP contribution in [0.1, 0.15) is 29.4 Å². The number of alkyl halides is 3. The van der Waals surface area contributed by atoms with Gasteiger partial charge in [0.15, 0.2) is 0 Å². The van der Waals surface area contributed by atoms with Gasteiger partial charge >= 0.3 is 6.18 Å². The molecule has 1 aromatic carbocycles. The molecule has 0 saturated carbocycles. The lowest BCUT2D eigenvalue weighted by molar-refractivity contribution is -0.136. The molecule has 2 N–H and O–H groups in total. The maximum atomic E-state index is 13.0. The maximum absolute atomic E-state index is 13.0. The molecule has 0 spiro atoms. The van der Waals surface area contributed by atoms with Crippen LogP contribution in [0.4, 0.5) is 24.8 Å². The summed E-state index contributed by atoms with van der Waals surface area (Å²) >= 11 is 5.60. The predicted molar refractivity (Wildman–Crippen MR) is 85.2 cm³/mol. The van der Waals surface area contributed by atoms with E-state index in [1.807, 2.05) is 6.92 Å². The Kier molecular flexibility index (Phi) is 5.61. The van der Waals surface area contributed by atoms with Crippen LogP contribution >= 0.6 is 11.6 Å². The van der Waals surface area contributed by atoms with E-state index in [4.69, 9.17) is 11.6 Å². The Morgan fingerprint density at radius 1 is 1.29 bits per heavy atom. The monoisotopic (exact) mass is 358 g/mol. The third kappa shape index (κ3) is 4.58. The lowest BCUT2D eigenvalue weighted by Crippen LogP contribution is -2.18. The minimum absolute atomic E-state index is 0.0494. The van der Waals surface area contributed by atoms with Crippen molar-refractivity contribution in [2.24, 2.45) is 0 Å². The van der Waals surface area contributed by atoms with Crippen molar-refractivity contribution in [3.63, 3.8) is 0 Å². The highest BCUT2D eigenvalue weighted by Gasteiger charge is 2.34. The molecule has 1 heterocycles. The summed E-state index contributed by atoms with van der Waals surface area (Å²) in [6.45, 7) is 2.56. The average molecular weight is 359 g/mol. The zero-order valence-electron chi connectivity index (χ0n) is 12.6. The molecule has 0 radical (unpaired) electrons. The van der Waals surface area contributed by atoms with E-state index in [1.165, 1.54) is 18.3 Å². The predicted octanol–water partition coefficient (Wildman–Crippen LogP) is 4.22. The standard InChI is InChI=1S/C15H14ClF3N4O/c1-2-6-20-14-21-7-5-12(23-14)13(24)22-11-4-3-9(16)8-10(11)15(17,18)19/h3-5,7-8H,2,6H2,1H3,(H,22,24)(H,20,21,23). The summed E-state index contributed by atoms with van der Waals surface area (Å²) < 4.78 is 39.1. The highest BCUT2D eigenvalue weighted by atomic mass is 35.5. The summed E-state index contributed by atoms with van der Waals surface area (Å²) in [5, 5.41) is 5.03. The van der Waals surface area contributed by atoms with Gasteiger partial charge in [-0.1, -0.05) is 18.5 Å². The van der Waals surface area contributed by atoms with E-state index in [2.05, 4.69) is 20.6 Å². The summed E-state index contributed by atoms with van der Waals surface area (Å²) in [5.41, 5.74) is -1.47. The van der Waals surface area contributed by atoms with Crippen LogP contribution in [0, 0.1) is 0 Å². The molecule has 128 valence electrons. The second-order valence-corrected chi connectivity index (χ2v) is 5.27. The molecule has 24 heavy (non-hydrogen) atoms. The molecule has 0 saturated heterocycles. The summed E-state index contributed by atoms with van der Waals surface area (Å²) in [6.07, 6.45) is -2.46. The molecule has 1 amide bonds. The number of nitrogens with one attached hydrogen (secondary N) is 2. The van der Waals surface area contributed by atoms with Crippen molar-refractivity contribution in [1.29, 1.82) is 0 Å². The molecule has 5 nitrogen and oxygen atoms in total. The third-order valence-electron chi connectivity index (χ3n) is 2.96. The molecule has 1 aromatic heterocycles. The molecule has 0 aliphatic heterocycles. The Morgan fingerprint density at radius 2 is 2.04 bits per heavy atom. The molecule has 0 unspecified atom stereocenters.